The van der Waals surface area contributed by atoms with E-state index in [1.165, 1.54) is 0 Å². The zero-order valence-corrected chi connectivity index (χ0v) is 14.6. The van der Waals surface area contributed by atoms with Crippen molar-refractivity contribution in [1.82, 2.24) is 0 Å². The van der Waals surface area contributed by atoms with Gasteiger partial charge in [-0.05, 0) is 20.3 Å². The first-order valence-corrected chi connectivity index (χ1v) is 8.08. The summed E-state index contributed by atoms with van der Waals surface area (Å²) in [5.74, 6) is 0.197. The van der Waals surface area contributed by atoms with Crippen molar-refractivity contribution in [3.05, 3.63) is 11.8 Å². The highest BCUT2D eigenvalue weighted by Crippen LogP contribution is 2.22. The lowest BCUT2D eigenvalue weighted by molar-refractivity contribution is -0.156. The molecule has 0 N–H and O–H groups in total. The van der Waals surface area contributed by atoms with Crippen molar-refractivity contribution in [2.24, 2.45) is 15.4 Å². The summed E-state index contributed by atoms with van der Waals surface area (Å²) < 4.78 is 16.9. The Kier molecular flexibility index (Phi) is 5.70. The zero-order chi connectivity index (χ0) is 17.0. The van der Waals surface area contributed by atoms with Gasteiger partial charge in [0.2, 0.25) is 12.2 Å². The van der Waals surface area contributed by atoms with Crippen LogP contribution in [0.4, 0.5) is 0 Å². The maximum Gasteiger partial charge on any atom is 0.251 e. The molecule has 128 valence electrons. The second kappa shape index (κ2) is 7.36. The summed E-state index contributed by atoms with van der Waals surface area (Å²) in [4.78, 5) is 20.9. The maximum atomic E-state index is 12.2. The largest absolute Gasteiger partial charge is 0.474 e. The molecule has 2 aliphatic heterocycles. The van der Waals surface area contributed by atoms with E-state index in [-0.39, 0.29) is 12.0 Å². The molecule has 0 aliphatic carbocycles. The Balaban J connectivity index is 2.22. The van der Waals surface area contributed by atoms with Crippen LogP contribution in [-0.2, 0) is 19.0 Å². The van der Waals surface area contributed by atoms with Crippen LogP contribution in [0.3, 0.4) is 0 Å². The van der Waals surface area contributed by atoms with Crippen molar-refractivity contribution in [3.8, 4) is 0 Å². The Morgan fingerprint density at radius 3 is 2.57 bits per heavy atom. The lowest BCUT2D eigenvalue weighted by Gasteiger charge is -2.26. The predicted molar refractivity (Wildman–Crippen MR) is 88.6 cm³/mol. The van der Waals surface area contributed by atoms with Crippen LogP contribution in [-0.4, -0.2) is 43.1 Å². The first kappa shape index (κ1) is 17.8. The van der Waals surface area contributed by atoms with Gasteiger partial charge in [-0.3, -0.25) is 4.79 Å². The molecule has 0 unspecified atom stereocenters. The Morgan fingerprint density at radius 2 is 2.00 bits per heavy atom. The first-order valence-electron chi connectivity index (χ1n) is 8.08. The zero-order valence-electron chi connectivity index (χ0n) is 14.6. The molecule has 0 radical (unpaired) electrons. The van der Waals surface area contributed by atoms with E-state index in [4.69, 9.17) is 14.2 Å². The summed E-state index contributed by atoms with van der Waals surface area (Å²) in [6.07, 6.45) is 2.73. The molecule has 0 aromatic rings. The Hall–Kier alpha value is -1.53. The number of rotatable bonds is 2. The third-order valence-electron chi connectivity index (χ3n) is 3.28. The highest BCUT2D eigenvalue weighted by molar-refractivity contribution is 6.41. The second-order valence-corrected chi connectivity index (χ2v) is 6.96. The fourth-order valence-corrected chi connectivity index (χ4v) is 2.02. The van der Waals surface area contributed by atoms with E-state index in [1.807, 2.05) is 40.7 Å². The number of hydrogen-bond acceptors (Lipinski definition) is 5. The molecule has 1 amide bonds. The topological polar surface area (TPSA) is 69.5 Å². The molecule has 2 aliphatic rings. The minimum absolute atomic E-state index is 0.0590. The van der Waals surface area contributed by atoms with Crippen LogP contribution in [0.15, 0.2) is 21.8 Å². The van der Waals surface area contributed by atoms with Gasteiger partial charge in [-0.15, -0.1) is 0 Å². The van der Waals surface area contributed by atoms with Gasteiger partial charge >= 0.3 is 0 Å². The Bertz CT molecular complexity index is 535. The van der Waals surface area contributed by atoms with Crippen LogP contribution < -0.4 is 0 Å². The molecule has 0 spiro atoms. The molecule has 6 nitrogen and oxygen atoms in total. The number of aliphatic imine (C=N–C) groups is 2. The van der Waals surface area contributed by atoms with E-state index < -0.39 is 11.7 Å². The average Bonchev–Trinajstić information content (AvgIpc) is 2.48. The van der Waals surface area contributed by atoms with Gasteiger partial charge in [0.15, 0.2) is 0 Å². The van der Waals surface area contributed by atoms with Crippen LogP contribution in [0.5, 0.6) is 0 Å². The second-order valence-electron chi connectivity index (χ2n) is 6.96. The number of carbonyl (C=O) groups is 1. The summed E-state index contributed by atoms with van der Waals surface area (Å²) >= 11 is 0. The van der Waals surface area contributed by atoms with Crippen LogP contribution in [0.25, 0.3) is 0 Å². The van der Waals surface area contributed by atoms with Gasteiger partial charge in [0.1, 0.15) is 5.71 Å². The van der Waals surface area contributed by atoms with Gasteiger partial charge in [-0.1, -0.05) is 26.8 Å². The average molecular weight is 322 g/mol. The van der Waals surface area contributed by atoms with Crippen LogP contribution in [0.2, 0.25) is 0 Å². The van der Waals surface area contributed by atoms with Crippen molar-refractivity contribution < 1.29 is 19.0 Å². The summed E-state index contributed by atoms with van der Waals surface area (Å²) in [6.45, 7) is 10.7. The summed E-state index contributed by atoms with van der Waals surface area (Å²) in [7, 11) is 0. The van der Waals surface area contributed by atoms with E-state index in [9.17, 15) is 4.79 Å². The lowest BCUT2D eigenvalue weighted by atomic mass is 9.96. The lowest BCUT2D eigenvalue weighted by Crippen LogP contribution is -2.32. The summed E-state index contributed by atoms with van der Waals surface area (Å²) in [5, 5.41) is 0. The minimum atomic E-state index is -0.532. The van der Waals surface area contributed by atoms with Gasteiger partial charge in [0, 0.05) is 11.8 Å². The summed E-state index contributed by atoms with van der Waals surface area (Å²) in [6, 6.07) is 0. The van der Waals surface area contributed by atoms with Crippen LogP contribution in [0, 0.1) is 5.41 Å². The molecular weight excluding hydrogens is 296 g/mol. The highest BCUT2D eigenvalue weighted by atomic mass is 16.7. The van der Waals surface area contributed by atoms with Crippen molar-refractivity contribution in [1.29, 1.82) is 0 Å². The number of hydrogen-bond donors (Lipinski definition) is 0. The Morgan fingerprint density at radius 1 is 1.35 bits per heavy atom. The summed E-state index contributed by atoms with van der Waals surface area (Å²) in [5.41, 5.74) is 0.705. The van der Waals surface area contributed by atoms with E-state index in [1.54, 1.807) is 0 Å². The van der Waals surface area contributed by atoms with Crippen molar-refractivity contribution in [3.63, 3.8) is 0 Å². The normalized spacial score (nSPS) is 22.1. The van der Waals surface area contributed by atoms with Crippen molar-refractivity contribution in [2.45, 2.75) is 59.9 Å². The van der Waals surface area contributed by atoms with Crippen molar-refractivity contribution >= 4 is 17.5 Å². The van der Waals surface area contributed by atoms with Gasteiger partial charge in [-0.25, -0.2) is 9.98 Å². The molecule has 1 fully saturated rings. The molecule has 0 saturated carbocycles. The number of nitrogens with zero attached hydrogens (tertiary/aromatic N) is 2. The molecule has 6 heteroatoms. The Labute approximate surface area is 137 Å². The first-order chi connectivity index (χ1) is 10.8. The number of ether oxygens (including phenoxy) is 3. The molecular formula is C17H26N2O4. The van der Waals surface area contributed by atoms with Crippen LogP contribution >= 0.6 is 0 Å². The van der Waals surface area contributed by atoms with E-state index in [2.05, 4.69) is 9.98 Å². The molecule has 0 atom stereocenters. The van der Waals surface area contributed by atoms with E-state index >= 15 is 0 Å². The fraction of sp³-hybridized carbons (Fsp3) is 0.706. The van der Waals surface area contributed by atoms with E-state index in [0.717, 1.165) is 6.42 Å². The highest BCUT2D eigenvalue weighted by Gasteiger charge is 2.27. The quantitative estimate of drug-likeness (QED) is 0.784. The van der Waals surface area contributed by atoms with Gasteiger partial charge < -0.3 is 14.2 Å². The standard InChI is InChI=1S/C17H26N2O4/c1-11(2)23-14-12(19-16(20)17(3,4)5)7-8-13(18-14)15-21-9-6-10-22-15/h8,11,15H,6-7,9-10H2,1-5H3. The van der Waals surface area contributed by atoms with Crippen molar-refractivity contribution in [2.75, 3.05) is 13.2 Å². The number of carbonyl (C=O) groups excluding carboxylic acids is 1. The number of amides is 1. The van der Waals surface area contributed by atoms with Crippen LogP contribution in [0.1, 0.15) is 47.5 Å². The van der Waals surface area contributed by atoms with E-state index in [0.29, 0.717) is 36.9 Å². The molecule has 0 aromatic heterocycles. The smallest absolute Gasteiger partial charge is 0.251 e. The van der Waals surface area contributed by atoms with Gasteiger partial charge in [-0.2, -0.15) is 0 Å². The predicted octanol–water partition coefficient (Wildman–Crippen LogP) is 2.87. The third-order valence-corrected chi connectivity index (χ3v) is 3.28. The third kappa shape index (κ3) is 4.97. The van der Waals surface area contributed by atoms with Gasteiger partial charge in [0.05, 0.1) is 25.0 Å². The number of allylic oxidation sites excluding steroid dienone is 1. The molecule has 2 heterocycles. The van der Waals surface area contributed by atoms with Gasteiger partial charge in [0.25, 0.3) is 5.91 Å². The molecule has 2 rings (SSSR count). The molecule has 23 heavy (non-hydrogen) atoms. The molecule has 0 bridgehead atoms. The fourth-order valence-electron chi connectivity index (χ4n) is 2.02. The SMILES string of the molecule is CC(C)OC1=NC(C2OCCCO2)=CCC1=NC(=O)C(C)(C)C. The molecule has 1 saturated heterocycles. The molecule has 0 aromatic carbocycles. The monoisotopic (exact) mass is 322 g/mol. The minimum Gasteiger partial charge on any atom is -0.474 e. The maximum absolute atomic E-state index is 12.2.